The molecule has 1 aliphatic heterocycles. The Labute approximate surface area is 170 Å². The molecule has 2 heterocycles. The Bertz CT molecular complexity index is 759. The van der Waals surface area contributed by atoms with E-state index in [1.165, 1.54) is 11.8 Å². The molecule has 8 heteroatoms. The molecule has 152 valence electrons. The summed E-state index contributed by atoms with van der Waals surface area (Å²) in [6, 6.07) is 9.95. The molecule has 0 aliphatic carbocycles. The molecule has 28 heavy (non-hydrogen) atoms. The number of nitrogens with one attached hydrogen (secondary N) is 1. The number of hydrogen-bond donors (Lipinski definition) is 1. The van der Waals surface area contributed by atoms with Gasteiger partial charge in [0.15, 0.2) is 5.16 Å². The molecule has 1 N–H and O–H groups in total. The largest absolute Gasteiger partial charge is 0.378 e. The van der Waals surface area contributed by atoms with E-state index < -0.39 is 0 Å². The monoisotopic (exact) mass is 403 g/mol. The average molecular weight is 404 g/mol. The Morgan fingerprint density at radius 2 is 1.89 bits per heavy atom. The molecule has 1 unspecified atom stereocenters. The highest BCUT2D eigenvalue weighted by Gasteiger charge is 2.22. The Morgan fingerprint density at radius 1 is 1.18 bits per heavy atom. The van der Waals surface area contributed by atoms with Gasteiger partial charge in [0.1, 0.15) is 0 Å². The van der Waals surface area contributed by atoms with Gasteiger partial charge in [0, 0.05) is 19.6 Å². The summed E-state index contributed by atoms with van der Waals surface area (Å²) in [5.41, 5.74) is 1.10. The van der Waals surface area contributed by atoms with Crippen molar-refractivity contribution in [3.63, 3.8) is 0 Å². The Morgan fingerprint density at radius 3 is 2.57 bits per heavy atom. The fourth-order valence-electron chi connectivity index (χ4n) is 3.15. The molecule has 1 aliphatic rings. The minimum Gasteiger partial charge on any atom is -0.378 e. The molecule has 0 saturated carbocycles. The van der Waals surface area contributed by atoms with Gasteiger partial charge in [-0.25, -0.2) is 0 Å². The van der Waals surface area contributed by atoms with Crippen molar-refractivity contribution in [3.8, 4) is 0 Å². The molecule has 0 spiro atoms. The normalized spacial score (nSPS) is 15.6. The first kappa shape index (κ1) is 20.7. The summed E-state index contributed by atoms with van der Waals surface area (Å²) < 4.78 is 7.58. The van der Waals surface area contributed by atoms with Crippen molar-refractivity contribution in [1.29, 1.82) is 0 Å². The van der Waals surface area contributed by atoms with Gasteiger partial charge in [0.25, 0.3) is 0 Å². The zero-order chi connectivity index (χ0) is 19.9. The third kappa shape index (κ3) is 5.48. The Kier molecular flexibility index (Phi) is 7.33. The first-order valence-electron chi connectivity index (χ1n) is 9.77. The number of morpholine rings is 1. The van der Waals surface area contributed by atoms with Crippen molar-refractivity contribution >= 4 is 23.6 Å². The molecule has 1 aromatic heterocycles. The van der Waals surface area contributed by atoms with Crippen LogP contribution in [0.3, 0.4) is 0 Å². The summed E-state index contributed by atoms with van der Waals surface area (Å²) in [7, 11) is 0. The topological polar surface area (TPSA) is 72.3 Å². The van der Waals surface area contributed by atoms with Gasteiger partial charge >= 0.3 is 0 Å². The summed E-state index contributed by atoms with van der Waals surface area (Å²) in [5.74, 6) is 1.64. The first-order chi connectivity index (χ1) is 13.5. The van der Waals surface area contributed by atoms with E-state index in [4.69, 9.17) is 4.74 Å². The summed E-state index contributed by atoms with van der Waals surface area (Å²) in [5, 5.41) is 12.6. The van der Waals surface area contributed by atoms with Gasteiger partial charge in [-0.15, -0.1) is 10.2 Å². The molecule has 1 amide bonds. The lowest BCUT2D eigenvalue weighted by Crippen LogP contribution is -2.38. The van der Waals surface area contributed by atoms with Crippen LogP contribution in [0.2, 0.25) is 0 Å². The summed E-state index contributed by atoms with van der Waals surface area (Å²) >= 11 is 1.44. The molecular formula is C20H29N5O2S. The van der Waals surface area contributed by atoms with E-state index in [2.05, 4.69) is 38.8 Å². The van der Waals surface area contributed by atoms with Crippen molar-refractivity contribution in [2.24, 2.45) is 5.92 Å². The Balaban J connectivity index is 1.62. The van der Waals surface area contributed by atoms with Gasteiger partial charge in [0.05, 0.1) is 25.0 Å². The van der Waals surface area contributed by atoms with Gasteiger partial charge in [-0.3, -0.25) is 9.36 Å². The number of carbonyl (C=O) groups is 1. The summed E-state index contributed by atoms with van der Waals surface area (Å²) in [6.45, 7) is 10.2. The predicted molar refractivity (Wildman–Crippen MR) is 112 cm³/mol. The summed E-state index contributed by atoms with van der Waals surface area (Å²) in [6.07, 6.45) is 0. The number of aromatic nitrogens is 3. The number of thioether (sulfide) groups is 1. The fourth-order valence-corrected chi connectivity index (χ4v) is 3.90. The minimum absolute atomic E-state index is 0.00614. The van der Waals surface area contributed by atoms with E-state index in [1.54, 1.807) is 0 Å². The third-order valence-corrected chi connectivity index (χ3v) is 5.52. The first-order valence-corrected chi connectivity index (χ1v) is 10.8. The van der Waals surface area contributed by atoms with Crippen LogP contribution in [0.25, 0.3) is 0 Å². The second-order valence-electron chi connectivity index (χ2n) is 7.38. The van der Waals surface area contributed by atoms with Crippen LogP contribution in [0, 0.1) is 5.92 Å². The van der Waals surface area contributed by atoms with E-state index >= 15 is 0 Å². The molecule has 3 rings (SSSR count). The third-order valence-electron chi connectivity index (χ3n) is 4.55. The van der Waals surface area contributed by atoms with Crippen molar-refractivity contribution in [1.82, 2.24) is 20.1 Å². The number of hydrogen-bond acceptors (Lipinski definition) is 6. The predicted octanol–water partition coefficient (Wildman–Crippen LogP) is 2.74. The second-order valence-corrected chi connectivity index (χ2v) is 8.32. The van der Waals surface area contributed by atoms with E-state index in [-0.39, 0.29) is 11.9 Å². The second kappa shape index (κ2) is 9.93. The van der Waals surface area contributed by atoms with Crippen LogP contribution in [0.1, 0.15) is 32.4 Å². The molecule has 2 aromatic rings. The maximum atomic E-state index is 12.4. The fraction of sp³-hybridized carbons (Fsp3) is 0.550. The number of carbonyl (C=O) groups excluding carboxylic acids is 1. The van der Waals surface area contributed by atoms with Gasteiger partial charge in [0.2, 0.25) is 11.9 Å². The molecule has 1 saturated heterocycles. The van der Waals surface area contributed by atoms with Gasteiger partial charge in [-0.05, 0) is 18.4 Å². The highest BCUT2D eigenvalue weighted by atomic mass is 32.2. The van der Waals surface area contributed by atoms with Gasteiger partial charge < -0.3 is 15.0 Å². The number of benzene rings is 1. The van der Waals surface area contributed by atoms with E-state index in [1.807, 2.05) is 37.3 Å². The van der Waals surface area contributed by atoms with Crippen molar-refractivity contribution < 1.29 is 9.53 Å². The highest BCUT2D eigenvalue weighted by Crippen LogP contribution is 2.24. The zero-order valence-electron chi connectivity index (χ0n) is 16.8. The molecule has 0 radical (unpaired) electrons. The lowest BCUT2D eigenvalue weighted by molar-refractivity contribution is -0.119. The highest BCUT2D eigenvalue weighted by molar-refractivity contribution is 7.99. The molecule has 1 aromatic carbocycles. The SMILES string of the molecule is CC(C)Cn1c(SCC(=O)NC(C)c2ccccc2)nnc1N1CCOCC1. The molecule has 1 atom stereocenters. The molecule has 1 fully saturated rings. The Hall–Kier alpha value is -2.06. The van der Waals surface area contributed by atoms with Crippen molar-refractivity contribution in [2.45, 2.75) is 38.5 Å². The molecule has 7 nitrogen and oxygen atoms in total. The lowest BCUT2D eigenvalue weighted by Gasteiger charge is -2.28. The maximum absolute atomic E-state index is 12.4. The van der Waals surface area contributed by atoms with Crippen LogP contribution >= 0.6 is 11.8 Å². The zero-order valence-corrected chi connectivity index (χ0v) is 17.6. The number of nitrogens with zero attached hydrogens (tertiary/aromatic N) is 4. The lowest BCUT2D eigenvalue weighted by atomic mass is 10.1. The van der Waals surface area contributed by atoms with Crippen LogP contribution in [-0.2, 0) is 16.1 Å². The average Bonchev–Trinajstić information content (AvgIpc) is 3.09. The van der Waals surface area contributed by atoms with E-state index in [0.717, 1.165) is 36.3 Å². The van der Waals surface area contributed by atoms with Crippen LogP contribution in [0.15, 0.2) is 35.5 Å². The molecular weight excluding hydrogens is 374 g/mol. The number of rotatable bonds is 8. The van der Waals surface area contributed by atoms with Crippen molar-refractivity contribution in [2.75, 3.05) is 37.0 Å². The minimum atomic E-state index is -0.0215. The quantitative estimate of drug-likeness (QED) is 0.684. The molecule has 0 bridgehead atoms. The number of anilines is 1. The van der Waals surface area contributed by atoms with Crippen LogP contribution < -0.4 is 10.2 Å². The van der Waals surface area contributed by atoms with Gasteiger partial charge in [-0.2, -0.15) is 0 Å². The standard InChI is InChI=1S/C20H29N5O2S/c1-15(2)13-25-19(24-9-11-27-12-10-24)22-23-20(25)28-14-18(26)21-16(3)17-7-5-4-6-8-17/h4-8,15-16H,9-14H2,1-3H3,(H,21,26). The summed E-state index contributed by atoms with van der Waals surface area (Å²) in [4.78, 5) is 14.6. The van der Waals surface area contributed by atoms with Crippen molar-refractivity contribution in [3.05, 3.63) is 35.9 Å². The van der Waals surface area contributed by atoms with Crippen LogP contribution in [-0.4, -0.2) is 52.7 Å². The van der Waals surface area contributed by atoms with Gasteiger partial charge in [-0.1, -0.05) is 55.9 Å². The van der Waals surface area contributed by atoms with Crippen LogP contribution in [0.5, 0.6) is 0 Å². The number of amides is 1. The maximum Gasteiger partial charge on any atom is 0.230 e. The van der Waals surface area contributed by atoms with E-state index in [0.29, 0.717) is 24.9 Å². The number of ether oxygens (including phenoxy) is 1. The van der Waals surface area contributed by atoms with E-state index in [9.17, 15) is 4.79 Å². The smallest absolute Gasteiger partial charge is 0.230 e. The van der Waals surface area contributed by atoms with Crippen LogP contribution in [0.4, 0.5) is 5.95 Å².